The lowest BCUT2D eigenvalue weighted by atomic mass is 9.97. The standard InChI is InChI=1S/C13H18FNO/c1-16-13-3-2-10(7-12(13)8-14)6-11-4-5-15-9-11/h2-3,7,11,15H,4-6,8-9H2,1H3. The fraction of sp³-hybridized carbons (Fsp3) is 0.538. The molecule has 2 rings (SSSR count). The van der Waals surface area contributed by atoms with E-state index in [1.54, 1.807) is 7.11 Å². The second-order valence-corrected chi connectivity index (χ2v) is 4.34. The third-order valence-electron chi connectivity index (χ3n) is 3.18. The van der Waals surface area contributed by atoms with Crippen molar-refractivity contribution in [3.8, 4) is 5.75 Å². The average molecular weight is 223 g/mol. The van der Waals surface area contributed by atoms with Crippen LogP contribution in [0.5, 0.6) is 5.75 Å². The van der Waals surface area contributed by atoms with E-state index >= 15 is 0 Å². The molecule has 1 aromatic carbocycles. The zero-order valence-corrected chi connectivity index (χ0v) is 9.63. The molecule has 0 saturated carbocycles. The molecule has 0 bridgehead atoms. The van der Waals surface area contributed by atoms with E-state index in [1.165, 1.54) is 12.0 Å². The first-order valence-corrected chi connectivity index (χ1v) is 5.76. The molecule has 0 spiro atoms. The normalized spacial score (nSPS) is 20.0. The van der Waals surface area contributed by atoms with Crippen molar-refractivity contribution in [2.75, 3.05) is 20.2 Å². The van der Waals surface area contributed by atoms with Gasteiger partial charge in [0.15, 0.2) is 0 Å². The van der Waals surface area contributed by atoms with Crippen LogP contribution in [0.25, 0.3) is 0 Å². The Morgan fingerprint density at radius 2 is 2.38 bits per heavy atom. The summed E-state index contributed by atoms with van der Waals surface area (Å²) in [5.41, 5.74) is 1.87. The number of rotatable bonds is 4. The highest BCUT2D eigenvalue weighted by Gasteiger charge is 2.15. The smallest absolute Gasteiger partial charge is 0.124 e. The number of hydrogen-bond donors (Lipinski definition) is 1. The number of halogens is 1. The molecule has 0 amide bonds. The molecule has 0 aromatic heterocycles. The fourth-order valence-corrected chi connectivity index (χ4v) is 2.29. The van der Waals surface area contributed by atoms with Crippen molar-refractivity contribution in [3.63, 3.8) is 0 Å². The van der Waals surface area contributed by atoms with Gasteiger partial charge in [0, 0.05) is 5.56 Å². The summed E-state index contributed by atoms with van der Waals surface area (Å²) in [6.07, 6.45) is 2.25. The van der Waals surface area contributed by atoms with Gasteiger partial charge in [-0.1, -0.05) is 6.07 Å². The Labute approximate surface area is 95.8 Å². The van der Waals surface area contributed by atoms with Crippen LogP contribution in [0.4, 0.5) is 4.39 Å². The molecule has 1 fully saturated rings. The predicted octanol–water partition coefficient (Wildman–Crippen LogP) is 2.32. The molecule has 1 heterocycles. The first kappa shape index (κ1) is 11.4. The zero-order valence-electron chi connectivity index (χ0n) is 9.63. The molecule has 1 aliphatic rings. The van der Waals surface area contributed by atoms with Crippen molar-refractivity contribution in [3.05, 3.63) is 29.3 Å². The van der Waals surface area contributed by atoms with Crippen LogP contribution in [0, 0.1) is 5.92 Å². The summed E-state index contributed by atoms with van der Waals surface area (Å²) in [7, 11) is 1.58. The molecule has 16 heavy (non-hydrogen) atoms. The van der Waals surface area contributed by atoms with Gasteiger partial charge in [-0.15, -0.1) is 0 Å². The summed E-state index contributed by atoms with van der Waals surface area (Å²) >= 11 is 0. The first-order valence-electron chi connectivity index (χ1n) is 5.76. The summed E-state index contributed by atoms with van der Waals surface area (Å²) in [6.45, 7) is 1.73. The number of ether oxygens (including phenoxy) is 1. The van der Waals surface area contributed by atoms with Crippen molar-refractivity contribution in [1.29, 1.82) is 0 Å². The number of benzene rings is 1. The number of alkyl halides is 1. The van der Waals surface area contributed by atoms with Crippen LogP contribution in [0.1, 0.15) is 17.5 Å². The third-order valence-corrected chi connectivity index (χ3v) is 3.18. The van der Waals surface area contributed by atoms with Gasteiger partial charge in [0.25, 0.3) is 0 Å². The highest BCUT2D eigenvalue weighted by atomic mass is 19.1. The van der Waals surface area contributed by atoms with Crippen LogP contribution in [0.2, 0.25) is 0 Å². The SMILES string of the molecule is COc1ccc(CC2CCNC2)cc1CF. The Balaban J connectivity index is 2.09. The van der Waals surface area contributed by atoms with Crippen molar-refractivity contribution in [2.24, 2.45) is 5.92 Å². The van der Waals surface area contributed by atoms with Crippen LogP contribution in [0.15, 0.2) is 18.2 Å². The largest absolute Gasteiger partial charge is 0.496 e. The van der Waals surface area contributed by atoms with Gasteiger partial charge in [-0.25, -0.2) is 4.39 Å². The van der Waals surface area contributed by atoms with Gasteiger partial charge in [0.1, 0.15) is 12.4 Å². The maximum Gasteiger partial charge on any atom is 0.124 e. The predicted molar refractivity (Wildman–Crippen MR) is 62.5 cm³/mol. The van der Waals surface area contributed by atoms with Gasteiger partial charge < -0.3 is 10.1 Å². The number of hydrogen-bond acceptors (Lipinski definition) is 2. The Kier molecular flexibility index (Phi) is 3.78. The number of nitrogens with one attached hydrogen (secondary N) is 1. The van der Waals surface area contributed by atoms with Crippen LogP contribution < -0.4 is 10.1 Å². The van der Waals surface area contributed by atoms with Crippen molar-refractivity contribution >= 4 is 0 Å². The zero-order chi connectivity index (χ0) is 11.4. The molecule has 1 aromatic rings. The van der Waals surface area contributed by atoms with Gasteiger partial charge in [-0.05, 0) is 49.5 Å². The highest BCUT2D eigenvalue weighted by Crippen LogP contribution is 2.23. The van der Waals surface area contributed by atoms with E-state index < -0.39 is 6.67 Å². The molecular weight excluding hydrogens is 205 g/mol. The van der Waals surface area contributed by atoms with Crippen molar-refractivity contribution in [1.82, 2.24) is 5.32 Å². The second-order valence-electron chi connectivity index (χ2n) is 4.34. The van der Waals surface area contributed by atoms with Gasteiger partial charge in [-0.3, -0.25) is 0 Å². The van der Waals surface area contributed by atoms with Crippen LogP contribution >= 0.6 is 0 Å². The van der Waals surface area contributed by atoms with Gasteiger partial charge in [0.05, 0.1) is 7.11 Å². The Bertz CT molecular complexity index is 348. The third kappa shape index (κ3) is 2.53. The second kappa shape index (κ2) is 5.30. The van der Waals surface area contributed by atoms with Gasteiger partial charge >= 0.3 is 0 Å². The molecule has 2 nitrogen and oxygen atoms in total. The molecule has 0 aliphatic carbocycles. The summed E-state index contributed by atoms with van der Waals surface area (Å²) in [5.74, 6) is 1.34. The van der Waals surface area contributed by atoms with Crippen molar-refractivity contribution in [2.45, 2.75) is 19.5 Å². The molecule has 1 unspecified atom stereocenters. The lowest BCUT2D eigenvalue weighted by Gasteiger charge is -2.11. The van der Waals surface area contributed by atoms with Crippen LogP contribution in [0.3, 0.4) is 0 Å². The monoisotopic (exact) mass is 223 g/mol. The lowest BCUT2D eigenvalue weighted by Crippen LogP contribution is -2.10. The minimum Gasteiger partial charge on any atom is -0.496 e. The molecule has 1 aliphatic heterocycles. The summed E-state index contributed by atoms with van der Waals surface area (Å²) < 4.78 is 17.9. The van der Waals surface area contributed by atoms with Crippen LogP contribution in [-0.4, -0.2) is 20.2 Å². The fourth-order valence-electron chi connectivity index (χ4n) is 2.29. The van der Waals surface area contributed by atoms with E-state index in [2.05, 4.69) is 5.32 Å². The maximum atomic E-state index is 12.8. The topological polar surface area (TPSA) is 21.3 Å². The van der Waals surface area contributed by atoms with E-state index in [0.29, 0.717) is 17.2 Å². The number of methoxy groups -OCH3 is 1. The Morgan fingerprint density at radius 3 is 3.00 bits per heavy atom. The van der Waals surface area contributed by atoms with Crippen molar-refractivity contribution < 1.29 is 9.13 Å². The highest BCUT2D eigenvalue weighted by molar-refractivity contribution is 5.37. The van der Waals surface area contributed by atoms with E-state index in [4.69, 9.17) is 4.74 Å². The van der Waals surface area contributed by atoms with E-state index in [0.717, 1.165) is 19.5 Å². The molecule has 1 saturated heterocycles. The minimum absolute atomic E-state index is 0.458. The molecule has 1 atom stereocenters. The summed E-state index contributed by atoms with van der Waals surface area (Å²) in [6, 6.07) is 5.83. The lowest BCUT2D eigenvalue weighted by molar-refractivity contribution is 0.393. The quantitative estimate of drug-likeness (QED) is 0.845. The van der Waals surface area contributed by atoms with Gasteiger partial charge in [-0.2, -0.15) is 0 Å². The van der Waals surface area contributed by atoms with E-state index in [1.807, 2.05) is 18.2 Å². The first-order chi connectivity index (χ1) is 7.83. The van der Waals surface area contributed by atoms with E-state index in [-0.39, 0.29) is 0 Å². The Morgan fingerprint density at radius 1 is 1.50 bits per heavy atom. The van der Waals surface area contributed by atoms with Crippen LogP contribution in [-0.2, 0) is 13.1 Å². The average Bonchev–Trinajstić information content (AvgIpc) is 2.81. The maximum absolute atomic E-state index is 12.8. The molecular formula is C13H18FNO. The molecule has 1 N–H and O–H groups in total. The minimum atomic E-state index is -0.458. The van der Waals surface area contributed by atoms with Gasteiger partial charge in [0.2, 0.25) is 0 Å². The van der Waals surface area contributed by atoms with E-state index in [9.17, 15) is 4.39 Å². The molecule has 0 radical (unpaired) electrons. The molecule has 3 heteroatoms. The summed E-state index contributed by atoms with van der Waals surface area (Å²) in [4.78, 5) is 0. The Hall–Kier alpha value is -1.09. The summed E-state index contributed by atoms with van der Waals surface area (Å²) in [5, 5.41) is 3.34. The molecule has 88 valence electrons.